The van der Waals surface area contributed by atoms with E-state index in [2.05, 4.69) is 20.6 Å². The highest BCUT2D eigenvalue weighted by atomic mass is 16.5. The third-order valence-corrected chi connectivity index (χ3v) is 3.93. The molecule has 2 N–H and O–H groups in total. The molecule has 3 aromatic rings. The van der Waals surface area contributed by atoms with Crippen LogP contribution in [0.25, 0.3) is 10.9 Å². The number of aryl methyl sites for hydroxylation is 1. The summed E-state index contributed by atoms with van der Waals surface area (Å²) in [5, 5.41) is 6.98. The van der Waals surface area contributed by atoms with Gasteiger partial charge in [0.15, 0.2) is 0 Å². The van der Waals surface area contributed by atoms with Gasteiger partial charge in [-0.3, -0.25) is 4.79 Å². The van der Waals surface area contributed by atoms with Gasteiger partial charge in [-0.1, -0.05) is 29.8 Å². The standard InChI is InChI=1S/C20H22N4O2/c1-14-8-10-15(11-9-14)22-18-16-6-3-4-7-17(16)23-19(24-18)20(25)21-12-5-13-26-2/h3-4,6-11H,5,12-13H2,1-2H3,(H,21,25)(H,22,23,24). The second-order valence-electron chi connectivity index (χ2n) is 6.01. The van der Waals surface area contributed by atoms with Crippen LogP contribution in [0, 0.1) is 6.92 Å². The van der Waals surface area contributed by atoms with E-state index in [4.69, 9.17) is 4.74 Å². The monoisotopic (exact) mass is 350 g/mol. The van der Waals surface area contributed by atoms with Gasteiger partial charge >= 0.3 is 0 Å². The van der Waals surface area contributed by atoms with Crippen molar-refractivity contribution in [1.82, 2.24) is 15.3 Å². The van der Waals surface area contributed by atoms with E-state index < -0.39 is 0 Å². The molecule has 0 fully saturated rings. The number of nitrogens with one attached hydrogen (secondary N) is 2. The van der Waals surface area contributed by atoms with Crippen molar-refractivity contribution >= 4 is 28.3 Å². The molecule has 6 heteroatoms. The van der Waals surface area contributed by atoms with Crippen molar-refractivity contribution in [1.29, 1.82) is 0 Å². The summed E-state index contributed by atoms with van der Waals surface area (Å²) < 4.78 is 4.99. The lowest BCUT2D eigenvalue weighted by atomic mass is 10.2. The fraction of sp³-hybridized carbons (Fsp3) is 0.250. The highest BCUT2D eigenvalue weighted by Crippen LogP contribution is 2.24. The van der Waals surface area contributed by atoms with E-state index in [-0.39, 0.29) is 11.7 Å². The van der Waals surface area contributed by atoms with Crippen LogP contribution in [0.1, 0.15) is 22.6 Å². The number of ether oxygens (including phenoxy) is 1. The molecule has 0 bridgehead atoms. The summed E-state index contributed by atoms with van der Waals surface area (Å²) in [6.07, 6.45) is 0.740. The molecule has 0 aliphatic rings. The third kappa shape index (κ3) is 4.34. The number of carbonyl (C=O) groups is 1. The van der Waals surface area contributed by atoms with Gasteiger partial charge in [-0.15, -0.1) is 0 Å². The van der Waals surface area contributed by atoms with Crippen molar-refractivity contribution in [2.24, 2.45) is 0 Å². The van der Waals surface area contributed by atoms with Crippen molar-refractivity contribution in [3.05, 3.63) is 59.9 Å². The summed E-state index contributed by atoms with van der Waals surface area (Å²) in [7, 11) is 1.64. The lowest BCUT2D eigenvalue weighted by Crippen LogP contribution is -2.27. The minimum atomic E-state index is -0.293. The van der Waals surface area contributed by atoms with Crippen molar-refractivity contribution in [2.75, 3.05) is 25.6 Å². The number of benzene rings is 2. The molecule has 0 atom stereocenters. The van der Waals surface area contributed by atoms with Crippen LogP contribution in [-0.4, -0.2) is 36.1 Å². The Bertz CT molecular complexity index is 894. The molecule has 0 unspecified atom stereocenters. The molecule has 0 saturated carbocycles. The van der Waals surface area contributed by atoms with Gasteiger partial charge in [-0.2, -0.15) is 0 Å². The van der Waals surface area contributed by atoms with Gasteiger partial charge in [0.25, 0.3) is 5.91 Å². The van der Waals surface area contributed by atoms with E-state index >= 15 is 0 Å². The first-order valence-electron chi connectivity index (χ1n) is 8.55. The number of para-hydroxylation sites is 1. The maximum Gasteiger partial charge on any atom is 0.289 e. The fourth-order valence-electron chi connectivity index (χ4n) is 2.54. The lowest BCUT2D eigenvalue weighted by molar-refractivity contribution is 0.0938. The maximum atomic E-state index is 12.4. The predicted octanol–water partition coefficient (Wildman–Crippen LogP) is 3.45. The van der Waals surface area contributed by atoms with Crippen molar-refractivity contribution in [3.8, 4) is 0 Å². The third-order valence-electron chi connectivity index (χ3n) is 3.93. The second kappa shape index (κ2) is 8.40. The number of fused-ring (bicyclic) bond motifs is 1. The second-order valence-corrected chi connectivity index (χ2v) is 6.01. The van der Waals surface area contributed by atoms with Gasteiger partial charge in [-0.25, -0.2) is 9.97 Å². The predicted molar refractivity (Wildman–Crippen MR) is 103 cm³/mol. The van der Waals surface area contributed by atoms with Gasteiger partial charge < -0.3 is 15.4 Å². The van der Waals surface area contributed by atoms with Crippen molar-refractivity contribution < 1.29 is 9.53 Å². The van der Waals surface area contributed by atoms with Crippen LogP contribution in [-0.2, 0) is 4.74 Å². The smallest absolute Gasteiger partial charge is 0.289 e. The molecular weight excluding hydrogens is 328 g/mol. The summed E-state index contributed by atoms with van der Waals surface area (Å²) in [6, 6.07) is 15.6. The Morgan fingerprint density at radius 1 is 1.08 bits per heavy atom. The zero-order valence-corrected chi connectivity index (χ0v) is 15.0. The Labute approximate surface area is 152 Å². The molecule has 0 aliphatic carbocycles. The number of anilines is 2. The van der Waals surface area contributed by atoms with Crippen LogP contribution in [0.3, 0.4) is 0 Å². The van der Waals surface area contributed by atoms with Crippen LogP contribution >= 0.6 is 0 Å². The molecular formula is C20H22N4O2. The van der Waals surface area contributed by atoms with E-state index in [9.17, 15) is 4.79 Å². The molecule has 134 valence electrons. The number of rotatable bonds is 7. The van der Waals surface area contributed by atoms with Gasteiger partial charge in [-0.05, 0) is 37.6 Å². The van der Waals surface area contributed by atoms with E-state index in [1.807, 2.05) is 55.5 Å². The first-order valence-corrected chi connectivity index (χ1v) is 8.55. The fourth-order valence-corrected chi connectivity index (χ4v) is 2.54. The van der Waals surface area contributed by atoms with Gasteiger partial charge in [0.05, 0.1) is 5.52 Å². The van der Waals surface area contributed by atoms with E-state index in [1.54, 1.807) is 7.11 Å². The summed E-state index contributed by atoms with van der Waals surface area (Å²) >= 11 is 0. The number of methoxy groups -OCH3 is 1. The minimum Gasteiger partial charge on any atom is -0.385 e. The average molecular weight is 350 g/mol. The SMILES string of the molecule is COCCCNC(=O)c1nc(Nc2ccc(C)cc2)c2ccccc2n1. The molecule has 1 amide bonds. The number of nitrogens with zero attached hydrogens (tertiary/aromatic N) is 2. The van der Waals surface area contributed by atoms with Gasteiger partial charge in [0.1, 0.15) is 5.82 Å². The van der Waals surface area contributed by atoms with Crippen molar-refractivity contribution in [3.63, 3.8) is 0 Å². The molecule has 0 saturated heterocycles. The zero-order chi connectivity index (χ0) is 18.4. The van der Waals surface area contributed by atoms with Crippen molar-refractivity contribution in [2.45, 2.75) is 13.3 Å². The van der Waals surface area contributed by atoms with Gasteiger partial charge in [0, 0.05) is 31.3 Å². The Kier molecular flexibility index (Phi) is 5.76. The largest absolute Gasteiger partial charge is 0.385 e. The average Bonchev–Trinajstić information content (AvgIpc) is 2.67. The highest BCUT2D eigenvalue weighted by Gasteiger charge is 2.13. The Morgan fingerprint density at radius 3 is 2.62 bits per heavy atom. The van der Waals surface area contributed by atoms with Crippen LogP contribution in [0.5, 0.6) is 0 Å². The molecule has 0 aliphatic heterocycles. The first-order chi connectivity index (χ1) is 12.7. The zero-order valence-electron chi connectivity index (χ0n) is 15.0. The number of aromatic nitrogens is 2. The quantitative estimate of drug-likeness (QED) is 0.638. The van der Waals surface area contributed by atoms with Crippen LogP contribution in [0.4, 0.5) is 11.5 Å². The molecule has 6 nitrogen and oxygen atoms in total. The van der Waals surface area contributed by atoms with E-state index in [0.717, 1.165) is 23.0 Å². The molecule has 0 radical (unpaired) electrons. The Hall–Kier alpha value is -2.99. The highest BCUT2D eigenvalue weighted by molar-refractivity contribution is 5.97. The summed E-state index contributed by atoms with van der Waals surface area (Å²) in [6.45, 7) is 3.15. The number of hydrogen-bond donors (Lipinski definition) is 2. The maximum absolute atomic E-state index is 12.4. The normalized spacial score (nSPS) is 10.7. The van der Waals surface area contributed by atoms with E-state index in [1.165, 1.54) is 5.56 Å². The molecule has 3 rings (SSSR count). The summed E-state index contributed by atoms with van der Waals surface area (Å²) in [4.78, 5) is 21.2. The molecule has 1 heterocycles. The number of amides is 1. The van der Waals surface area contributed by atoms with Gasteiger partial charge in [0.2, 0.25) is 5.82 Å². The number of carbonyl (C=O) groups excluding carboxylic acids is 1. The Balaban J connectivity index is 1.88. The molecule has 26 heavy (non-hydrogen) atoms. The van der Waals surface area contributed by atoms with Crippen LogP contribution < -0.4 is 10.6 Å². The lowest BCUT2D eigenvalue weighted by Gasteiger charge is -2.11. The summed E-state index contributed by atoms with van der Waals surface area (Å²) in [5.41, 5.74) is 2.81. The number of hydrogen-bond acceptors (Lipinski definition) is 5. The minimum absolute atomic E-state index is 0.149. The molecule has 2 aromatic carbocycles. The van der Waals surface area contributed by atoms with Crippen LogP contribution in [0.15, 0.2) is 48.5 Å². The Morgan fingerprint density at radius 2 is 1.85 bits per heavy atom. The topological polar surface area (TPSA) is 76.1 Å². The summed E-state index contributed by atoms with van der Waals surface area (Å²) in [5.74, 6) is 0.469. The molecule has 0 spiro atoms. The first kappa shape index (κ1) is 17.8. The van der Waals surface area contributed by atoms with E-state index in [0.29, 0.717) is 19.0 Å². The van der Waals surface area contributed by atoms with Crippen LogP contribution in [0.2, 0.25) is 0 Å². The molecule has 1 aromatic heterocycles.